The number of aromatic nitrogens is 2. The molecule has 0 N–H and O–H groups in total. The summed E-state index contributed by atoms with van der Waals surface area (Å²) in [7, 11) is 0. The van der Waals surface area contributed by atoms with Crippen molar-refractivity contribution in [3.05, 3.63) is 18.2 Å². The second-order valence-electron chi connectivity index (χ2n) is 5.59. The Morgan fingerprint density at radius 1 is 1.25 bits per heavy atom. The fourth-order valence-electron chi connectivity index (χ4n) is 2.68. The fourth-order valence-corrected chi connectivity index (χ4v) is 2.68. The first-order valence-corrected chi connectivity index (χ1v) is 7.51. The van der Waals surface area contributed by atoms with E-state index in [2.05, 4.69) is 14.9 Å². The summed E-state index contributed by atoms with van der Waals surface area (Å²) in [5.74, 6) is 1.58. The van der Waals surface area contributed by atoms with Gasteiger partial charge in [0.2, 0.25) is 0 Å². The monoisotopic (exact) mass is 275 g/mol. The van der Waals surface area contributed by atoms with Crippen LogP contribution in [0, 0.1) is 5.92 Å². The number of carbonyl (C=O) groups excluding carboxylic acids is 1. The predicted octanol–water partition coefficient (Wildman–Crippen LogP) is 2.13. The summed E-state index contributed by atoms with van der Waals surface area (Å²) in [6.07, 6.45) is 8.00. The normalized spacial score (nSPS) is 19.9. The maximum absolute atomic E-state index is 11.7. The molecular weight excluding hydrogens is 254 g/mol. The first-order valence-electron chi connectivity index (χ1n) is 7.51. The third-order valence-electron chi connectivity index (χ3n) is 4.08. The van der Waals surface area contributed by atoms with Gasteiger partial charge in [-0.3, -0.25) is 4.79 Å². The van der Waals surface area contributed by atoms with Gasteiger partial charge in [0, 0.05) is 19.0 Å². The van der Waals surface area contributed by atoms with Crippen molar-refractivity contribution >= 4 is 11.7 Å². The van der Waals surface area contributed by atoms with Crippen molar-refractivity contribution in [1.82, 2.24) is 9.97 Å². The van der Waals surface area contributed by atoms with Gasteiger partial charge in [0.25, 0.3) is 0 Å². The van der Waals surface area contributed by atoms with Gasteiger partial charge in [-0.2, -0.15) is 0 Å². The summed E-state index contributed by atoms with van der Waals surface area (Å²) in [4.78, 5) is 22.9. The third-order valence-corrected chi connectivity index (χ3v) is 4.08. The molecule has 1 saturated heterocycles. The maximum Gasteiger partial charge on any atom is 0.309 e. The van der Waals surface area contributed by atoms with Crippen LogP contribution in [0.2, 0.25) is 0 Å². The molecule has 0 bridgehead atoms. The van der Waals surface area contributed by atoms with Gasteiger partial charge in [0.15, 0.2) is 0 Å². The van der Waals surface area contributed by atoms with Crippen molar-refractivity contribution in [3.8, 4) is 0 Å². The minimum absolute atomic E-state index is 0.0486. The molecule has 3 rings (SSSR count). The van der Waals surface area contributed by atoms with Crippen LogP contribution >= 0.6 is 0 Å². The molecule has 0 radical (unpaired) electrons. The number of hydrogen-bond donors (Lipinski definition) is 0. The van der Waals surface area contributed by atoms with E-state index in [1.807, 2.05) is 19.3 Å². The summed E-state index contributed by atoms with van der Waals surface area (Å²) in [6, 6.07) is 0. The first kappa shape index (κ1) is 13.3. The molecule has 1 aliphatic heterocycles. The zero-order valence-corrected chi connectivity index (χ0v) is 11.9. The molecule has 1 aromatic heterocycles. The van der Waals surface area contributed by atoms with Gasteiger partial charge in [-0.05, 0) is 32.6 Å². The molecule has 1 saturated carbocycles. The van der Waals surface area contributed by atoms with E-state index in [1.54, 1.807) is 0 Å². The molecule has 108 valence electrons. The number of nitrogens with zero attached hydrogens (tertiary/aromatic N) is 3. The molecule has 2 aliphatic rings. The minimum Gasteiger partial charge on any atom is -0.466 e. The summed E-state index contributed by atoms with van der Waals surface area (Å²) in [5, 5.41) is 0. The Hall–Kier alpha value is -1.65. The van der Waals surface area contributed by atoms with E-state index in [4.69, 9.17) is 4.74 Å². The highest BCUT2D eigenvalue weighted by molar-refractivity contribution is 5.72. The summed E-state index contributed by atoms with van der Waals surface area (Å²) >= 11 is 0. The SMILES string of the molecule is CCOC(=O)C1CCN(c2cnc(C3CC3)nc2)CC1. The molecule has 0 spiro atoms. The van der Waals surface area contributed by atoms with Crippen LogP contribution < -0.4 is 4.90 Å². The highest BCUT2D eigenvalue weighted by atomic mass is 16.5. The van der Waals surface area contributed by atoms with Gasteiger partial charge in [-0.25, -0.2) is 9.97 Å². The van der Waals surface area contributed by atoms with E-state index < -0.39 is 0 Å². The van der Waals surface area contributed by atoms with Crippen LogP contribution in [0.3, 0.4) is 0 Å². The second kappa shape index (κ2) is 5.77. The molecular formula is C15H21N3O2. The van der Waals surface area contributed by atoms with Gasteiger partial charge < -0.3 is 9.64 Å². The molecule has 0 amide bonds. The average molecular weight is 275 g/mol. The number of anilines is 1. The molecule has 2 fully saturated rings. The zero-order valence-electron chi connectivity index (χ0n) is 11.9. The van der Waals surface area contributed by atoms with Crippen LogP contribution in [0.25, 0.3) is 0 Å². The molecule has 1 aromatic rings. The van der Waals surface area contributed by atoms with E-state index >= 15 is 0 Å². The van der Waals surface area contributed by atoms with Crippen LogP contribution in [0.15, 0.2) is 12.4 Å². The highest BCUT2D eigenvalue weighted by Crippen LogP contribution is 2.38. The smallest absolute Gasteiger partial charge is 0.309 e. The number of rotatable bonds is 4. The number of hydrogen-bond acceptors (Lipinski definition) is 5. The Kier molecular flexibility index (Phi) is 3.85. The minimum atomic E-state index is -0.0486. The van der Waals surface area contributed by atoms with Crippen LogP contribution in [0.1, 0.15) is 44.3 Å². The maximum atomic E-state index is 11.7. The Labute approximate surface area is 119 Å². The Balaban J connectivity index is 1.55. The quantitative estimate of drug-likeness (QED) is 0.788. The standard InChI is InChI=1S/C15H21N3O2/c1-2-20-15(19)12-5-7-18(8-6-12)13-9-16-14(17-10-13)11-3-4-11/h9-12H,2-8H2,1H3. The summed E-state index contributed by atoms with van der Waals surface area (Å²) in [5.41, 5.74) is 1.07. The molecule has 0 unspecified atom stereocenters. The largest absolute Gasteiger partial charge is 0.466 e. The van der Waals surface area contributed by atoms with Crippen molar-refractivity contribution in [2.24, 2.45) is 5.92 Å². The Morgan fingerprint density at radius 3 is 2.45 bits per heavy atom. The number of ether oxygens (including phenoxy) is 1. The van der Waals surface area contributed by atoms with Crippen LogP contribution in [0.5, 0.6) is 0 Å². The van der Waals surface area contributed by atoms with Gasteiger partial charge in [0.05, 0.1) is 30.6 Å². The molecule has 0 aromatic carbocycles. The van der Waals surface area contributed by atoms with Crippen molar-refractivity contribution < 1.29 is 9.53 Å². The Bertz CT molecular complexity index is 463. The van der Waals surface area contributed by atoms with Crippen LogP contribution in [-0.4, -0.2) is 35.6 Å². The van der Waals surface area contributed by atoms with Gasteiger partial charge in [0.1, 0.15) is 5.82 Å². The number of piperidine rings is 1. The van der Waals surface area contributed by atoms with Crippen LogP contribution in [0.4, 0.5) is 5.69 Å². The topological polar surface area (TPSA) is 55.3 Å². The van der Waals surface area contributed by atoms with E-state index in [-0.39, 0.29) is 11.9 Å². The third kappa shape index (κ3) is 2.92. The highest BCUT2D eigenvalue weighted by Gasteiger charge is 2.28. The first-order chi connectivity index (χ1) is 9.78. The number of esters is 1. The molecule has 20 heavy (non-hydrogen) atoms. The van der Waals surface area contributed by atoms with Crippen molar-refractivity contribution in [3.63, 3.8) is 0 Å². The molecule has 0 atom stereocenters. The van der Waals surface area contributed by atoms with Gasteiger partial charge in [-0.1, -0.05) is 0 Å². The van der Waals surface area contributed by atoms with E-state index in [0.717, 1.165) is 37.4 Å². The lowest BCUT2D eigenvalue weighted by Crippen LogP contribution is -2.37. The van der Waals surface area contributed by atoms with Crippen LogP contribution in [-0.2, 0) is 9.53 Å². The summed E-state index contributed by atoms with van der Waals surface area (Å²) < 4.78 is 5.09. The van der Waals surface area contributed by atoms with Gasteiger partial charge in [-0.15, -0.1) is 0 Å². The van der Waals surface area contributed by atoms with E-state index in [1.165, 1.54) is 12.8 Å². The molecule has 1 aliphatic carbocycles. The van der Waals surface area contributed by atoms with E-state index in [9.17, 15) is 4.79 Å². The zero-order chi connectivity index (χ0) is 13.9. The van der Waals surface area contributed by atoms with E-state index in [0.29, 0.717) is 12.5 Å². The molecule has 2 heterocycles. The van der Waals surface area contributed by atoms with Gasteiger partial charge >= 0.3 is 5.97 Å². The fraction of sp³-hybridized carbons (Fsp3) is 0.667. The summed E-state index contributed by atoms with van der Waals surface area (Å²) in [6.45, 7) is 4.06. The number of carbonyl (C=O) groups is 1. The van der Waals surface area contributed by atoms with Crippen molar-refractivity contribution in [1.29, 1.82) is 0 Å². The Morgan fingerprint density at radius 2 is 1.90 bits per heavy atom. The van der Waals surface area contributed by atoms with Crippen molar-refractivity contribution in [2.45, 2.75) is 38.5 Å². The molecule has 5 heteroatoms. The lowest BCUT2D eigenvalue weighted by Gasteiger charge is -2.32. The lowest BCUT2D eigenvalue weighted by molar-refractivity contribution is -0.148. The predicted molar refractivity (Wildman–Crippen MR) is 75.6 cm³/mol. The second-order valence-corrected chi connectivity index (χ2v) is 5.59. The lowest BCUT2D eigenvalue weighted by atomic mass is 9.97. The molecule has 5 nitrogen and oxygen atoms in total. The van der Waals surface area contributed by atoms with Crippen molar-refractivity contribution in [2.75, 3.05) is 24.6 Å². The average Bonchev–Trinajstić information content (AvgIpc) is 3.33.